The number of nitriles is 1. The summed E-state index contributed by atoms with van der Waals surface area (Å²) >= 11 is 6.11. The summed E-state index contributed by atoms with van der Waals surface area (Å²) in [5.41, 5.74) is 2.88. The van der Waals surface area contributed by atoms with Gasteiger partial charge in [0, 0.05) is 47.7 Å². The van der Waals surface area contributed by atoms with Gasteiger partial charge in [0.05, 0.1) is 29.4 Å². The lowest BCUT2D eigenvalue weighted by molar-refractivity contribution is -0.118. The van der Waals surface area contributed by atoms with Crippen LogP contribution in [0.25, 0.3) is 0 Å². The SMILES string of the molecule is CC(c1cnc(N2C[C@H]3C[C@H]3C2=O)nc1)n1cc(C(=O)N[C@H]2C[C@@H](c3cc(Cl)ccc3C#N)C2)cn1. The Morgan fingerprint density at radius 1 is 1.22 bits per heavy atom. The summed E-state index contributed by atoms with van der Waals surface area (Å²) in [5.74, 6) is 1.23. The molecule has 3 fully saturated rings. The van der Waals surface area contributed by atoms with Crippen molar-refractivity contribution in [3.05, 3.63) is 70.3 Å². The third-order valence-electron chi connectivity index (χ3n) is 7.61. The number of hydrogen-bond donors (Lipinski definition) is 1. The van der Waals surface area contributed by atoms with Crippen LogP contribution in [0.1, 0.15) is 65.2 Å². The zero-order valence-corrected chi connectivity index (χ0v) is 20.4. The van der Waals surface area contributed by atoms with E-state index in [4.69, 9.17) is 11.6 Å². The monoisotopic (exact) mass is 501 g/mol. The van der Waals surface area contributed by atoms with Gasteiger partial charge in [0.2, 0.25) is 11.9 Å². The van der Waals surface area contributed by atoms with E-state index in [0.717, 1.165) is 30.4 Å². The summed E-state index contributed by atoms with van der Waals surface area (Å²) in [6.45, 7) is 2.66. The number of carbonyl (C=O) groups is 2. The molecular weight excluding hydrogens is 478 g/mol. The molecule has 6 rings (SSSR count). The molecule has 0 spiro atoms. The molecular formula is C26H24ClN7O2. The van der Waals surface area contributed by atoms with E-state index in [9.17, 15) is 14.9 Å². The van der Waals surface area contributed by atoms with Gasteiger partial charge in [0.1, 0.15) is 0 Å². The third kappa shape index (κ3) is 4.01. The van der Waals surface area contributed by atoms with E-state index in [0.29, 0.717) is 34.6 Å². The number of anilines is 1. The molecule has 1 unspecified atom stereocenters. The first-order valence-corrected chi connectivity index (χ1v) is 12.5. The smallest absolute Gasteiger partial charge is 0.254 e. The molecule has 1 aromatic carbocycles. The van der Waals surface area contributed by atoms with Crippen LogP contribution >= 0.6 is 11.6 Å². The topological polar surface area (TPSA) is 117 Å². The molecule has 182 valence electrons. The highest BCUT2D eigenvalue weighted by Crippen LogP contribution is 2.46. The van der Waals surface area contributed by atoms with Gasteiger partial charge in [-0.2, -0.15) is 10.4 Å². The van der Waals surface area contributed by atoms with Crippen molar-refractivity contribution in [3.8, 4) is 6.07 Å². The summed E-state index contributed by atoms with van der Waals surface area (Å²) < 4.78 is 1.71. The van der Waals surface area contributed by atoms with E-state index in [2.05, 4.69) is 26.5 Å². The number of halogens is 1. The number of hydrogen-bond acceptors (Lipinski definition) is 6. The molecule has 1 aliphatic heterocycles. The summed E-state index contributed by atoms with van der Waals surface area (Å²) in [6, 6.07) is 7.38. The molecule has 1 N–H and O–H groups in total. The lowest BCUT2D eigenvalue weighted by atomic mass is 9.74. The number of carbonyl (C=O) groups excluding carboxylic acids is 2. The highest BCUT2D eigenvalue weighted by Gasteiger charge is 2.53. The molecule has 9 nitrogen and oxygen atoms in total. The van der Waals surface area contributed by atoms with E-state index >= 15 is 0 Å². The van der Waals surface area contributed by atoms with Gasteiger partial charge in [-0.15, -0.1) is 0 Å². The van der Waals surface area contributed by atoms with Crippen LogP contribution in [0.5, 0.6) is 0 Å². The number of rotatable bonds is 6. The molecule has 10 heteroatoms. The number of fused-ring (bicyclic) bond motifs is 1. The second-order valence-electron chi connectivity index (χ2n) is 9.93. The molecule has 36 heavy (non-hydrogen) atoms. The number of piperidine rings is 1. The van der Waals surface area contributed by atoms with Crippen LogP contribution in [0.3, 0.4) is 0 Å². The second kappa shape index (κ2) is 8.71. The van der Waals surface area contributed by atoms with E-state index in [1.165, 1.54) is 0 Å². The van der Waals surface area contributed by atoms with Crippen molar-refractivity contribution >= 4 is 29.4 Å². The van der Waals surface area contributed by atoms with Crippen molar-refractivity contribution in [2.75, 3.05) is 11.4 Å². The van der Waals surface area contributed by atoms with Crippen LogP contribution in [0.2, 0.25) is 5.02 Å². The van der Waals surface area contributed by atoms with Gasteiger partial charge in [0.25, 0.3) is 5.91 Å². The quantitative estimate of drug-likeness (QED) is 0.552. The van der Waals surface area contributed by atoms with Gasteiger partial charge in [-0.1, -0.05) is 11.6 Å². The summed E-state index contributed by atoms with van der Waals surface area (Å²) in [6.07, 6.45) is 9.21. The highest BCUT2D eigenvalue weighted by molar-refractivity contribution is 6.30. The lowest BCUT2D eigenvalue weighted by Gasteiger charge is -2.36. The van der Waals surface area contributed by atoms with E-state index in [-0.39, 0.29) is 35.7 Å². The van der Waals surface area contributed by atoms with Gasteiger partial charge in [0.15, 0.2) is 0 Å². The first-order chi connectivity index (χ1) is 17.4. The zero-order valence-electron chi connectivity index (χ0n) is 19.6. The normalized spacial score (nSPS) is 25.0. The minimum absolute atomic E-state index is 0.0362. The maximum Gasteiger partial charge on any atom is 0.254 e. The van der Waals surface area contributed by atoms with Crippen LogP contribution in [-0.2, 0) is 4.79 Å². The summed E-state index contributed by atoms with van der Waals surface area (Å²) in [7, 11) is 0. The van der Waals surface area contributed by atoms with Crippen molar-refractivity contribution in [1.82, 2.24) is 25.1 Å². The molecule has 3 heterocycles. The van der Waals surface area contributed by atoms with Gasteiger partial charge < -0.3 is 5.32 Å². The minimum atomic E-state index is -0.179. The van der Waals surface area contributed by atoms with Crippen LogP contribution < -0.4 is 10.2 Å². The average molecular weight is 502 g/mol. The Bertz CT molecular complexity index is 1390. The summed E-state index contributed by atoms with van der Waals surface area (Å²) in [5, 5.41) is 17.4. The van der Waals surface area contributed by atoms with Crippen molar-refractivity contribution in [2.24, 2.45) is 11.8 Å². The molecule has 2 saturated carbocycles. The average Bonchev–Trinajstić information content (AvgIpc) is 3.32. The van der Waals surface area contributed by atoms with Crippen LogP contribution in [0.15, 0.2) is 43.0 Å². The van der Waals surface area contributed by atoms with Gasteiger partial charge in [-0.3, -0.25) is 19.2 Å². The Hall–Kier alpha value is -3.77. The molecule has 0 bridgehead atoms. The van der Waals surface area contributed by atoms with Crippen LogP contribution in [0, 0.1) is 23.2 Å². The Kier molecular flexibility index (Phi) is 5.49. The van der Waals surface area contributed by atoms with Crippen molar-refractivity contribution in [2.45, 2.75) is 44.2 Å². The number of aromatic nitrogens is 4. The first kappa shape index (κ1) is 22.7. The molecule has 1 saturated heterocycles. The van der Waals surface area contributed by atoms with Crippen LogP contribution in [-0.4, -0.2) is 44.1 Å². The number of amides is 2. The minimum Gasteiger partial charge on any atom is -0.349 e. The standard InChI is InChI=1S/C26H24ClN7O2/c1-14(18-9-29-26(30-10-18)33-12-17-6-23(17)25(33)36)34-13-19(11-31-34)24(35)32-21-4-16(5-21)22-7-20(27)3-2-15(22)8-28/h2-3,7,9-11,13-14,16-17,21,23H,4-6,12H2,1H3,(H,32,35)/t14?,16-,17-,21+,23-/m1/s1. The molecule has 2 aliphatic carbocycles. The van der Waals surface area contributed by atoms with Gasteiger partial charge >= 0.3 is 0 Å². The molecule has 2 aromatic heterocycles. The number of benzene rings is 1. The molecule has 3 aliphatic rings. The third-order valence-corrected chi connectivity index (χ3v) is 7.85. The van der Waals surface area contributed by atoms with Gasteiger partial charge in [-0.25, -0.2) is 9.97 Å². The fraction of sp³-hybridized carbons (Fsp3) is 0.385. The Balaban J connectivity index is 1.06. The first-order valence-electron chi connectivity index (χ1n) is 12.1. The molecule has 3 atom stereocenters. The Labute approximate surface area is 213 Å². The van der Waals surface area contributed by atoms with Crippen molar-refractivity contribution < 1.29 is 9.59 Å². The Morgan fingerprint density at radius 2 is 2.00 bits per heavy atom. The largest absolute Gasteiger partial charge is 0.349 e. The maximum atomic E-state index is 12.8. The highest BCUT2D eigenvalue weighted by atomic mass is 35.5. The van der Waals surface area contributed by atoms with Crippen molar-refractivity contribution in [1.29, 1.82) is 5.26 Å². The maximum absolute atomic E-state index is 12.8. The predicted molar refractivity (Wildman–Crippen MR) is 131 cm³/mol. The zero-order chi connectivity index (χ0) is 25.0. The van der Waals surface area contributed by atoms with E-state index in [1.54, 1.807) is 46.5 Å². The van der Waals surface area contributed by atoms with E-state index < -0.39 is 0 Å². The fourth-order valence-electron chi connectivity index (χ4n) is 5.19. The fourth-order valence-corrected chi connectivity index (χ4v) is 5.37. The molecule has 2 amide bonds. The number of nitrogens with one attached hydrogen (secondary N) is 1. The Morgan fingerprint density at radius 3 is 2.69 bits per heavy atom. The van der Waals surface area contributed by atoms with Gasteiger partial charge in [-0.05, 0) is 61.8 Å². The van der Waals surface area contributed by atoms with Crippen molar-refractivity contribution in [3.63, 3.8) is 0 Å². The number of nitrogens with zero attached hydrogens (tertiary/aromatic N) is 6. The molecule has 3 aromatic rings. The van der Waals surface area contributed by atoms with E-state index in [1.807, 2.05) is 13.0 Å². The molecule has 0 radical (unpaired) electrons. The lowest BCUT2D eigenvalue weighted by Crippen LogP contribution is -2.43. The second-order valence-corrected chi connectivity index (χ2v) is 10.4. The summed E-state index contributed by atoms with van der Waals surface area (Å²) in [4.78, 5) is 35.5. The van der Waals surface area contributed by atoms with Crippen LogP contribution in [0.4, 0.5) is 5.95 Å². The predicted octanol–water partition coefficient (Wildman–Crippen LogP) is 3.47.